The Kier molecular flexibility index (Phi) is 4.38. The Morgan fingerprint density at radius 3 is 2.60 bits per heavy atom. The summed E-state index contributed by atoms with van der Waals surface area (Å²) in [5.41, 5.74) is 1.52. The van der Waals surface area contributed by atoms with Crippen molar-refractivity contribution < 1.29 is 9.53 Å². The highest BCUT2D eigenvalue weighted by Gasteiger charge is 2.08. The fourth-order valence-corrected chi connectivity index (χ4v) is 1.91. The number of hydrogen-bond donors (Lipinski definition) is 1. The lowest BCUT2D eigenvalue weighted by atomic mass is 10.2. The second kappa shape index (κ2) is 5.34. The molecule has 0 radical (unpaired) electrons. The maximum Gasteiger partial charge on any atom is 0.337 e. The van der Waals surface area contributed by atoms with Crippen molar-refractivity contribution in [2.45, 2.75) is 19.9 Å². The zero-order valence-electron chi connectivity index (χ0n) is 9.00. The zero-order chi connectivity index (χ0) is 11.4. The van der Waals surface area contributed by atoms with Crippen LogP contribution in [0.15, 0.2) is 18.2 Å². The molecule has 0 saturated carbocycles. The molecule has 1 aromatic rings. The molecule has 82 valence electrons. The number of ether oxygens (including phenoxy) is 1. The van der Waals surface area contributed by atoms with Gasteiger partial charge in [-0.2, -0.15) is 0 Å². The van der Waals surface area contributed by atoms with Gasteiger partial charge in [-0.3, -0.25) is 0 Å². The van der Waals surface area contributed by atoms with Gasteiger partial charge in [0.2, 0.25) is 0 Å². The summed E-state index contributed by atoms with van der Waals surface area (Å²) in [6.45, 7) is 4.11. The molecule has 0 aliphatic carbocycles. The molecule has 0 aromatic heterocycles. The van der Waals surface area contributed by atoms with Crippen molar-refractivity contribution >= 4 is 34.2 Å². The molecule has 0 saturated heterocycles. The first-order valence-electron chi connectivity index (χ1n) is 4.68. The fraction of sp³-hybridized carbons (Fsp3) is 0.364. The van der Waals surface area contributed by atoms with E-state index in [2.05, 4.69) is 46.5 Å². The third-order valence-electron chi connectivity index (χ3n) is 1.77. The molecule has 0 heterocycles. The molecule has 3 nitrogen and oxygen atoms in total. The maximum atomic E-state index is 11.4. The van der Waals surface area contributed by atoms with Crippen LogP contribution in [-0.2, 0) is 4.74 Å². The molecule has 0 unspecified atom stereocenters. The van der Waals surface area contributed by atoms with Crippen molar-refractivity contribution in [3.8, 4) is 0 Å². The van der Waals surface area contributed by atoms with E-state index in [0.29, 0.717) is 11.6 Å². The van der Waals surface area contributed by atoms with Crippen LogP contribution < -0.4 is 5.32 Å². The molecule has 0 atom stereocenters. The van der Waals surface area contributed by atoms with E-state index < -0.39 is 0 Å². The van der Waals surface area contributed by atoms with Gasteiger partial charge in [-0.15, -0.1) is 0 Å². The molecule has 1 N–H and O–H groups in total. The van der Waals surface area contributed by atoms with Crippen molar-refractivity contribution in [2.75, 3.05) is 12.4 Å². The molecule has 1 rings (SSSR count). The van der Waals surface area contributed by atoms with Crippen molar-refractivity contribution in [1.82, 2.24) is 0 Å². The Labute approximate surface area is 103 Å². The molecule has 0 spiro atoms. The quantitative estimate of drug-likeness (QED) is 0.688. The minimum Gasteiger partial charge on any atom is -0.465 e. The van der Waals surface area contributed by atoms with E-state index >= 15 is 0 Å². The number of nitrogens with one attached hydrogen (secondary N) is 1. The third kappa shape index (κ3) is 3.70. The Bertz CT molecular complexity index is 364. The van der Waals surface area contributed by atoms with Crippen LogP contribution in [0.5, 0.6) is 0 Å². The Balaban J connectivity index is 2.99. The summed E-state index contributed by atoms with van der Waals surface area (Å²) in [4.78, 5) is 11.4. The summed E-state index contributed by atoms with van der Waals surface area (Å²) < 4.78 is 5.69. The lowest BCUT2D eigenvalue weighted by Gasteiger charge is -2.11. The minimum absolute atomic E-state index is 0.305. The van der Waals surface area contributed by atoms with Gasteiger partial charge in [0.15, 0.2) is 0 Å². The molecular formula is C11H14INO2. The van der Waals surface area contributed by atoms with Crippen LogP contribution in [0.25, 0.3) is 0 Å². The number of anilines is 1. The molecule has 0 aliphatic rings. The monoisotopic (exact) mass is 319 g/mol. The SMILES string of the molecule is COC(=O)c1cc(I)cc(NC(C)C)c1. The molecule has 1 aromatic carbocycles. The second-order valence-electron chi connectivity index (χ2n) is 3.52. The van der Waals surface area contributed by atoms with Crippen LogP contribution in [-0.4, -0.2) is 19.1 Å². The largest absolute Gasteiger partial charge is 0.465 e. The number of carbonyl (C=O) groups excluding carboxylic acids is 1. The van der Waals surface area contributed by atoms with Crippen LogP contribution in [0.4, 0.5) is 5.69 Å². The van der Waals surface area contributed by atoms with Gasteiger partial charge in [-0.25, -0.2) is 4.79 Å². The van der Waals surface area contributed by atoms with Crippen molar-refractivity contribution in [1.29, 1.82) is 0 Å². The third-order valence-corrected chi connectivity index (χ3v) is 2.40. The van der Waals surface area contributed by atoms with Gasteiger partial charge in [0.1, 0.15) is 0 Å². The van der Waals surface area contributed by atoms with Gasteiger partial charge in [-0.05, 0) is 54.6 Å². The van der Waals surface area contributed by atoms with E-state index in [1.807, 2.05) is 6.07 Å². The fourth-order valence-electron chi connectivity index (χ4n) is 1.24. The minimum atomic E-state index is -0.305. The average Bonchev–Trinajstić information content (AvgIpc) is 2.14. The van der Waals surface area contributed by atoms with Crippen LogP contribution in [0, 0.1) is 3.57 Å². The Morgan fingerprint density at radius 1 is 1.40 bits per heavy atom. The first-order chi connectivity index (χ1) is 7.02. The number of carbonyl (C=O) groups is 1. The summed E-state index contributed by atoms with van der Waals surface area (Å²) in [6, 6.07) is 5.94. The van der Waals surface area contributed by atoms with Crippen LogP contribution in [0.3, 0.4) is 0 Å². The lowest BCUT2D eigenvalue weighted by Crippen LogP contribution is -2.11. The van der Waals surface area contributed by atoms with Gasteiger partial charge in [0, 0.05) is 15.3 Å². The van der Waals surface area contributed by atoms with Gasteiger partial charge < -0.3 is 10.1 Å². The summed E-state index contributed by atoms with van der Waals surface area (Å²) >= 11 is 2.18. The molecular weight excluding hydrogens is 305 g/mol. The highest BCUT2D eigenvalue weighted by Crippen LogP contribution is 2.18. The van der Waals surface area contributed by atoms with E-state index in [-0.39, 0.29) is 5.97 Å². The van der Waals surface area contributed by atoms with E-state index in [1.54, 1.807) is 12.1 Å². The summed E-state index contributed by atoms with van der Waals surface area (Å²) in [7, 11) is 1.39. The normalized spacial score (nSPS) is 10.2. The lowest BCUT2D eigenvalue weighted by molar-refractivity contribution is 0.0600. The predicted octanol–water partition coefficient (Wildman–Crippen LogP) is 2.90. The molecule has 0 aliphatic heterocycles. The molecule has 15 heavy (non-hydrogen) atoms. The summed E-state index contributed by atoms with van der Waals surface area (Å²) in [5, 5.41) is 3.25. The molecule has 0 amide bonds. The predicted molar refractivity (Wildman–Crippen MR) is 69.3 cm³/mol. The number of halogens is 1. The van der Waals surface area contributed by atoms with Crippen LogP contribution in [0.2, 0.25) is 0 Å². The summed E-state index contributed by atoms with van der Waals surface area (Å²) in [5.74, 6) is -0.305. The van der Waals surface area contributed by atoms with E-state index in [4.69, 9.17) is 0 Å². The first-order valence-corrected chi connectivity index (χ1v) is 5.76. The number of methoxy groups -OCH3 is 1. The number of rotatable bonds is 3. The smallest absolute Gasteiger partial charge is 0.337 e. The number of esters is 1. The highest BCUT2D eigenvalue weighted by molar-refractivity contribution is 14.1. The number of benzene rings is 1. The van der Waals surface area contributed by atoms with Crippen LogP contribution in [0.1, 0.15) is 24.2 Å². The average molecular weight is 319 g/mol. The van der Waals surface area contributed by atoms with E-state index in [9.17, 15) is 4.79 Å². The van der Waals surface area contributed by atoms with Crippen molar-refractivity contribution in [3.05, 3.63) is 27.3 Å². The van der Waals surface area contributed by atoms with E-state index in [1.165, 1.54) is 7.11 Å². The second-order valence-corrected chi connectivity index (χ2v) is 4.76. The van der Waals surface area contributed by atoms with Gasteiger partial charge in [-0.1, -0.05) is 0 Å². The molecule has 4 heteroatoms. The standard InChI is InChI=1S/C11H14INO2/c1-7(2)13-10-5-8(11(14)15-3)4-9(12)6-10/h4-7,13H,1-3H3. The molecule has 0 bridgehead atoms. The van der Waals surface area contributed by atoms with Gasteiger partial charge >= 0.3 is 5.97 Å². The van der Waals surface area contributed by atoms with Crippen LogP contribution >= 0.6 is 22.6 Å². The summed E-state index contributed by atoms with van der Waals surface area (Å²) in [6.07, 6.45) is 0. The maximum absolute atomic E-state index is 11.4. The Hall–Kier alpha value is -0.780. The highest BCUT2D eigenvalue weighted by atomic mass is 127. The first kappa shape index (κ1) is 12.3. The Morgan fingerprint density at radius 2 is 2.07 bits per heavy atom. The topological polar surface area (TPSA) is 38.3 Å². The zero-order valence-corrected chi connectivity index (χ0v) is 11.2. The van der Waals surface area contributed by atoms with Gasteiger partial charge in [0.25, 0.3) is 0 Å². The van der Waals surface area contributed by atoms with E-state index in [0.717, 1.165) is 9.26 Å². The number of hydrogen-bond acceptors (Lipinski definition) is 3. The van der Waals surface area contributed by atoms with Crippen molar-refractivity contribution in [3.63, 3.8) is 0 Å². The molecule has 0 fully saturated rings. The van der Waals surface area contributed by atoms with Crippen molar-refractivity contribution in [2.24, 2.45) is 0 Å². The van der Waals surface area contributed by atoms with Gasteiger partial charge in [0.05, 0.1) is 12.7 Å².